The Kier molecular flexibility index (Phi) is 8.25. The normalized spacial score (nSPS) is 12.1. The Labute approximate surface area is 375 Å². The van der Waals surface area contributed by atoms with Gasteiger partial charge in [-0.3, -0.25) is 0 Å². The van der Waals surface area contributed by atoms with Gasteiger partial charge in [-0.15, -0.1) is 11.3 Å². The molecule has 0 bridgehead atoms. The molecule has 0 atom stereocenters. The molecular weight excluding hydrogens is 789 g/mol. The molecule has 0 aliphatic carbocycles. The highest BCUT2D eigenvalue weighted by Crippen LogP contribution is 2.51. The largest absolute Gasteiger partial charge is 0.135 e. The molecule has 12 aromatic carbocycles. The summed E-state index contributed by atoms with van der Waals surface area (Å²) < 4.78 is 2.62. The van der Waals surface area contributed by atoms with Gasteiger partial charge in [0.1, 0.15) is 0 Å². The number of allylic oxidation sites excluding steroid dienone is 2. The molecule has 1 aromatic heterocycles. The van der Waals surface area contributed by atoms with Crippen molar-refractivity contribution in [1.82, 2.24) is 0 Å². The van der Waals surface area contributed by atoms with Gasteiger partial charge in [0.15, 0.2) is 0 Å². The average molecular weight is 829 g/mol. The zero-order valence-corrected chi connectivity index (χ0v) is 36.1. The monoisotopic (exact) mass is 828 g/mol. The second kappa shape index (κ2) is 14.4. The molecule has 0 saturated carbocycles. The van der Waals surface area contributed by atoms with Crippen molar-refractivity contribution in [3.63, 3.8) is 0 Å². The Morgan fingerprint density at radius 3 is 1.36 bits per heavy atom. The third-order valence-electron chi connectivity index (χ3n) is 13.8. The van der Waals surface area contributed by atoms with E-state index in [1.54, 1.807) is 0 Å². The molecule has 0 radical (unpaired) electrons. The second-order valence-corrected chi connectivity index (χ2v) is 18.2. The topological polar surface area (TPSA) is 0 Å². The van der Waals surface area contributed by atoms with Crippen molar-refractivity contribution in [2.75, 3.05) is 0 Å². The van der Waals surface area contributed by atoms with Gasteiger partial charge in [0.25, 0.3) is 0 Å². The number of hydrogen-bond acceptors (Lipinski definition) is 1. The lowest BCUT2D eigenvalue weighted by Gasteiger charge is -2.22. The van der Waals surface area contributed by atoms with Crippen molar-refractivity contribution >= 4 is 113 Å². The minimum Gasteiger partial charge on any atom is -0.135 e. The van der Waals surface area contributed by atoms with Crippen molar-refractivity contribution in [2.24, 2.45) is 0 Å². The Balaban J connectivity index is 1.06. The molecule has 0 amide bonds. The Bertz CT molecular complexity index is 4040. The van der Waals surface area contributed by atoms with E-state index in [2.05, 4.69) is 214 Å². The Morgan fingerprint density at radius 1 is 0.344 bits per heavy atom. The minimum absolute atomic E-state index is 1.24. The third-order valence-corrected chi connectivity index (χ3v) is 14.9. The number of fused-ring (bicyclic) bond motifs is 11. The smallest absolute Gasteiger partial charge is 0.0362 e. The summed E-state index contributed by atoms with van der Waals surface area (Å²) in [5, 5.41) is 20.4. The van der Waals surface area contributed by atoms with Gasteiger partial charge in [0.05, 0.1) is 0 Å². The van der Waals surface area contributed by atoms with Crippen molar-refractivity contribution in [2.45, 2.75) is 6.92 Å². The van der Waals surface area contributed by atoms with Crippen molar-refractivity contribution < 1.29 is 0 Å². The first-order chi connectivity index (χ1) is 31.6. The minimum atomic E-state index is 1.24. The lowest BCUT2D eigenvalue weighted by atomic mass is 9.81. The molecule has 0 spiro atoms. The molecule has 0 nitrogen and oxygen atoms in total. The zero-order valence-electron chi connectivity index (χ0n) is 35.3. The van der Waals surface area contributed by atoms with Crippen molar-refractivity contribution in [1.29, 1.82) is 0 Å². The predicted molar refractivity (Wildman–Crippen MR) is 282 cm³/mol. The fraction of sp³-hybridized carbons (Fsp3) is 0.0159. The number of benzene rings is 12. The van der Waals surface area contributed by atoms with Gasteiger partial charge in [-0.2, -0.15) is 0 Å². The molecule has 13 aromatic rings. The fourth-order valence-corrected chi connectivity index (χ4v) is 12.1. The van der Waals surface area contributed by atoms with Gasteiger partial charge in [-0.05, 0) is 151 Å². The van der Waals surface area contributed by atoms with E-state index in [0.29, 0.717) is 0 Å². The molecular formula is C63H40S. The van der Waals surface area contributed by atoms with Crippen molar-refractivity contribution in [3.8, 4) is 33.4 Å². The fourth-order valence-electron chi connectivity index (χ4n) is 11.0. The molecule has 0 aliphatic rings. The summed E-state index contributed by atoms with van der Waals surface area (Å²) in [5.74, 6) is 0. The number of hydrogen-bond donors (Lipinski definition) is 0. The molecule has 64 heavy (non-hydrogen) atoms. The highest BCUT2D eigenvalue weighted by molar-refractivity contribution is 7.26. The first kappa shape index (κ1) is 36.8. The molecule has 0 fully saturated rings. The van der Waals surface area contributed by atoms with Crippen LogP contribution in [0.4, 0.5) is 0 Å². The van der Waals surface area contributed by atoms with E-state index in [1.807, 2.05) is 23.5 Å². The van der Waals surface area contributed by atoms with Crippen LogP contribution in [0, 0.1) is 6.92 Å². The summed E-state index contributed by atoms with van der Waals surface area (Å²) in [7, 11) is 0. The van der Waals surface area contributed by atoms with Crippen LogP contribution in [-0.4, -0.2) is 0 Å². The van der Waals surface area contributed by atoms with Gasteiger partial charge in [-0.25, -0.2) is 0 Å². The summed E-state index contributed by atoms with van der Waals surface area (Å²) in [4.78, 5) is 0. The summed E-state index contributed by atoms with van der Waals surface area (Å²) in [6.07, 6.45) is 6.12. The van der Waals surface area contributed by atoms with Gasteiger partial charge in [0, 0.05) is 20.2 Å². The summed E-state index contributed by atoms with van der Waals surface area (Å²) >= 11 is 1.90. The van der Waals surface area contributed by atoms with Crippen LogP contribution in [0.1, 0.15) is 11.1 Å². The molecule has 13 rings (SSSR count). The number of thiophene rings is 1. The summed E-state index contributed by atoms with van der Waals surface area (Å²) in [5.41, 5.74) is 10.2. The van der Waals surface area contributed by atoms with Crippen LogP contribution in [0.15, 0.2) is 213 Å². The van der Waals surface area contributed by atoms with E-state index in [1.165, 1.54) is 140 Å². The standard InChI is InChI=1S/C63H40S/c1-3-4-19-43-38(2)55-36-57-46-33-32-42(35-58(46)64-59(57)37-56(55)45-21-8-7-20-44(43)45)61-49-24-11-15-28-53(49)63(54-29-16-12-25-50(54)61)62-51-26-13-9-22-47(51)60(48-23-10-14-27-52(48)62)41-31-30-39-17-5-6-18-40(39)34-41/h3-37H,1H2,2H3/b19-4-. The lowest BCUT2D eigenvalue weighted by molar-refractivity contribution is 1.53. The highest BCUT2D eigenvalue weighted by Gasteiger charge is 2.23. The van der Waals surface area contributed by atoms with Gasteiger partial charge in [0.2, 0.25) is 0 Å². The molecule has 0 unspecified atom stereocenters. The molecule has 0 saturated heterocycles. The average Bonchev–Trinajstić information content (AvgIpc) is 3.71. The van der Waals surface area contributed by atoms with E-state index < -0.39 is 0 Å². The van der Waals surface area contributed by atoms with Gasteiger partial charge < -0.3 is 0 Å². The first-order valence-electron chi connectivity index (χ1n) is 22.1. The maximum absolute atomic E-state index is 3.95. The zero-order chi connectivity index (χ0) is 42.5. The van der Waals surface area contributed by atoms with Crippen LogP contribution in [0.5, 0.6) is 0 Å². The van der Waals surface area contributed by atoms with Crippen LogP contribution in [0.25, 0.3) is 135 Å². The molecule has 298 valence electrons. The summed E-state index contributed by atoms with van der Waals surface area (Å²) in [6, 6.07) is 72.8. The Morgan fingerprint density at radius 2 is 0.797 bits per heavy atom. The van der Waals surface area contributed by atoms with Crippen LogP contribution in [0.2, 0.25) is 0 Å². The predicted octanol–water partition coefficient (Wildman–Crippen LogP) is 18.6. The van der Waals surface area contributed by atoms with Crippen molar-refractivity contribution in [3.05, 3.63) is 224 Å². The van der Waals surface area contributed by atoms with Crippen LogP contribution in [0.3, 0.4) is 0 Å². The molecule has 0 aliphatic heterocycles. The molecule has 1 heterocycles. The van der Waals surface area contributed by atoms with E-state index in [4.69, 9.17) is 0 Å². The van der Waals surface area contributed by atoms with E-state index >= 15 is 0 Å². The first-order valence-corrected chi connectivity index (χ1v) is 22.9. The van der Waals surface area contributed by atoms with Crippen LogP contribution >= 0.6 is 11.3 Å². The van der Waals surface area contributed by atoms with Crippen LogP contribution in [-0.2, 0) is 0 Å². The molecule has 1 heteroatoms. The number of rotatable bonds is 5. The summed E-state index contributed by atoms with van der Waals surface area (Å²) in [6.45, 7) is 6.22. The van der Waals surface area contributed by atoms with E-state index in [9.17, 15) is 0 Å². The van der Waals surface area contributed by atoms with Crippen LogP contribution < -0.4 is 0 Å². The second-order valence-electron chi connectivity index (χ2n) is 17.1. The van der Waals surface area contributed by atoms with Gasteiger partial charge >= 0.3 is 0 Å². The quantitative estimate of drug-likeness (QED) is 0.0921. The van der Waals surface area contributed by atoms with E-state index in [-0.39, 0.29) is 0 Å². The Hall–Kier alpha value is -7.84. The van der Waals surface area contributed by atoms with Gasteiger partial charge in [-0.1, -0.05) is 195 Å². The van der Waals surface area contributed by atoms with E-state index in [0.717, 1.165) is 0 Å². The number of aryl methyl sites for hydroxylation is 1. The lowest BCUT2D eigenvalue weighted by Crippen LogP contribution is -1.94. The highest BCUT2D eigenvalue weighted by atomic mass is 32.1. The third kappa shape index (κ3) is 5.41. The maximum Gasteiger partial charge on any atom is 0.0362 e. The SMILES string of the molecule is C=C/C=C\c1c(C)c2cc3c(cc2c2ccccc12)sc1cc(-c2c4ccccc4c(-c4c5ccccc5c(-c5ccc6ccccc6c5)c5ccccc45)c4ccccc24)ccc13. The molecule has 0 N–H and O–H groups in total. The maximum atomic E-state index is 3.95.